The van der Waals surface area contributed by atoms with Gasteiger partial charge in [0.1, 0.15) is 5.75 Å². The fraction of sp³-hybridized carbons (Fsp3) is 1.00. The first-order valence-electron chi connectivity index (χ1n) is 3.12. The van der Waals surface area contributed by atoms with Crippen LogP contribution in [-0.4, -0.2) is 33.2 Å². The summed E-state index contributed by atoms with van der Waals surface area (Å²) < 4.78 is 42.2. The molecule has 0 aliphatic carbocycles. The van der Waals surface area contributed by atoms with Crippen LogP contribution in [0.2, 0.25) is 0 Å². The fourth-order valence-electron chi connectivity index (χ4n) is 0.953. The zero-order valence-corrected chi connectivity index (χ0v) is 6.86. The van der Waals surface area contributed by atoms with Gasteiger partial charge in [-0.2, -0.15) is 8.42 Å². The lowest BCUT2D eigenvalue weighted by molar-refractivity contribution is -0.122. The van der Waals surface area contributed by atoms with Crippen LogP contribution in [0.1, 0.15) is 6.92 Å². The Morgan fingerprint density at radius 2 is 1.91 bits per heavy atom. The Hall–Kier alpha value is -0.200. The minimum Gasteiger partial charge on any atom is -0.347 e. The third-order valence-corrected chi connectivity index (χ3v) is 2.20. The van der Waals surface area contributed by atoms with Crippen molar-refractivity contribution in [2.75, 3.05) is 19.0 Å². The lowest BCUT2D eigenvalue weighted by atomic mass is 10.4. The van der Waals surface area contributed by atoms with E-state index < -0.39 is 21.8 Å². The quantitative estimate of drug-likeness (QED) is 0.569. The summed E-state index contributed by atoms with van der Waals surface area (Å²) in [4.78, 5) is 0. The highest BCUT2D eigenvalue weighted by molar-refractivity contribution is 7.86. The minimum atomic E-state index is -4.52. The van der Waals surface area contributed by atoms with E-state index in [9.17, 15) is 12.3 Å². The molecule has 1 fully saturated rings. The SMILES string of the molecule is CC1(CS(=O)(=O)F)OCCO1. The zero-order chi connectivity index (χ0) is 8.54. The molecule has 66 valence electrons. The van der Waals surface area contributed by atoms with Crippen LogP contribution in [-0.2, 0) is 19.7 Å². The third kappa shape index (κ3) is 2.72. The van der Waals surface area contributed by atoms with Crippen LogP contribution in [0.15, 0.2) is 0 Å². The van der Waals surface area contributed by atoms with Gasteiger partial charge in [-0.05, 0) is 6.92 Å². The summed E-state index contributed by atoms with van der Waals surface area (Å²) in [6, 6.07) is 0. The Bertz CT molecular complexity index is 229. The van der Waals surface area contributed by atoms with Gasteiger partial charge >= 0.3 is 10.2 Å². The summed E-state index contributed by atoms with van der Waals surface area (Å²) in [5.41, 5.74) is 0. The van der Waals surface area contributed by atoms with E-state index in [0.717, 1.165) is 0 Å². The Morgan fingerprint density at radius 1 is 1.45 bits per heavy atom. The lowest BCUT2D eigenvalue weighted by Crippen LogP contribution is -2.33. The van der Waals surface area contributed by atoms with Crippen molar-refractivity contribution in [1.29, 1.82) is 0 Å². The molecule has 1 saturated heterocycles. The summed E-state index contributed by atoms with van der Waals surface area (Å²) in [6.45, 7) is 2.02. The summed E-state index contributed by atoms with van der Waals surface area (Å²) in [6.07, 6.45) is 0. The number of ether oxygens (including phenoxy) is 2. The average Bonchev–Trinajstić information content (AvgIpc) is 2.09. The van der Waals surface area contributed by atoms with Crippen LogP contribution < -0.4 is 0 Å². The molecule has 6 heteroatoms. The number of rotatable bonds is 2. The van der Waals surface area contributed by atoms with Crippen molar-refractivity contribution >= 4 is 10.2 Å². The lowest BCUT2D eigenvalue weighted by Gasteiger charge is -2.18. The molecule has 0 amide bonds. The normalized spacial score (nSPS) is 23.8. The van der Waals surface area contributed by atoms with E-state index >= 15 is 0 Å². The highest BCUT2D eigenvalue weighted by atomic mass is 32.3. The van der Waals surface area contributed by atoms with Gasteiger partial charge in [0, 0.05) is 0 Å². The Balaban J connectivity index is 2.60. The Morgan fingerprint density at radius 3 is 2.27 bits per heavy atom. The first-order valence-corrected chi connectivity index (χ1v) is 4.67. The summed E-state index contributed by atoms with van der Waals surface area (Å²) in [7, 11) is -4.52. The van der Waals surface area contributed by atoms with E-state index in [4.69, 9.17) is 9.47 Å². The van der Waals surface area contributed by atoms with Gasteiger partial charge < -0.3 is 9.47 Å². The van der Waals surface area contributed by atoms with Crippen LogP contribution in [0.3, 0.4) is 0 Å². The van der Waals surface area contributed by atoms with E-state index in [0.29, 0.717) is 13.2 Å². The molecule has 1 heterocycles. The topological polar surface area (TPSA) is 52.6 Å². The summed E-state index contributed by atoms with van der Waals surface area (Å²) in [5.74, 6) is -2.02. The van der Waals surface area contributed by atoms with Gasteiger partial charge in [0.25, 0.3) is 0 Å². The molecule has 0 N–H and O–H groups in total. The molecule has 0 aromatic heterocycles. The number of hydrogen-bond donors (Lipinski definition) is 0. The zero-order valence-electron chi connectivity index (χ0n) is 6.04. The highest BCUT2D eigenvalue weighted by Gasteiger charge is 2.36. The smallest absolute Gasteiger partial charge is 0.307 e. The van der Waals surface area contributed by atoms with E-state index in [2.05, 4.69) is 0 Å². The number of halogens is 1. The van der Waals surface area contributed by atoms with Gasteiger partial charge in [-0.3, -0.25) is 0 Å². The molecule has 1 rings (SSSR count). The van der Waals surface area contributed by atoms with Crippen molar-refractivity contribution in [3.63, 3.8) is 0 Å². The maximum Gasteiger partial charge on any atom is 0.307 e. The predicted molar refractivity (Wildman–Crippen MR) is 35.2 cm³/mol. The molecule has 1 aliphatic heterocycles. The van der Waals surface area contributed by atoms with Gasteiger partial charge in [0.15, 0.2) is 5.79 Å². The van der Waals surface area contributed by atoms with E-state index in [1.54, 1.807) is 0 Å². The van der Waals surface area contributed by atoms with Crippen molar-refractivity contribution < 1.29 is 21.8 Å². The first kappa shape index (κ1) is 8.89. The van der Waals surface area contributed by atoms with Crippen LogP contribution >= 0.6 is 0 Å². The molecule has 0 spiro atoms. The van der Waals surface area contributed by atoms with Gasteiger partial charge in [0.05, 0.1) is 13.2 Å². The van der Waals surface area contributed by atoms with Crippen molar-refractivity contribution in [2.24, 2.45) is 0 Å². The molecule has 0 saturated carbocycles. The monoisotopic (exact) mass is 184 g/mol. The molecule has 0 aromatic rings. The summed E-state index contributed by atoms with van der Waals surface area (Å²) >= 11 is 0. The van der Waals surface area contributed by atoms with Crippen LogP contribution in [0.25, 0.3) is 0 Å². The molecular weight excluding hydrogens is 175 g/mol. The van der Waals surface area contributed by atoms with Crippen molar-refractivity contribution in [2.45, 2.75) is 12.7 Å². The maximum absolute atomic E-state index is 12.1. The Kier molecular flexibility index (Phi) is 2.17. The number of hydrogen-bond acceptors (Lipinski definition) is 4. The van der Waals surface area contributed by atoms with Crippen LogP contribution in [0, 0.1) is 0 Å². The van der Waals surface area contributed by atoms with Gasteiger partial charge in [0.2, 0.25) is 0 Å². The van der Waals surface area contributed by atoms with Crippen LogP contribution in [0.5, 0.6) is 0 Å². The van der Waals surface area contributed by atoms with Crippen molar-refractivity contribution in [1.82, 2.24) is 0 Å². The second-order valence-corrected chi connectivity index (χ2v) is 3.88. The maximum atomic E-state index is 12.1. The van der Waals surface area contributed by atoms with E-state index in [-0.39, 0.29) is 0 Å². The highest BCUT2D eigenvalue weighted by Crippen LogP contribution is 2.20. The molecule has 0 bridgehead atoms. The minimum absolute atomic E-state index is 0.312. The van der Waals surface area contributed by atoms with Gasteiger partial charge in [-0.25, -0.2) is 0 Å². The van der Waals surface area contributed by atoms with Crippen molar-refractivity contribution in [3.05, 3.63) is 0 Å². The van der Waals surface area contributed by atoms with Crippen molar-refractivity contribution in [3.8, 4) is 0 Å². The second-order valence-electron chi connectivity index (χ2n) is 2.51. The molecular formula is C5H9FO4S. The largest absolute Gasteiger partial charge is 0.347 e. The van der Waals surface area contributed by atoms with Gasteiger partial charge in [-0.15, -0.1) is 3.89 Å². The first-order chi connectivity index (χ1) is 4.91. The molecule has 4 nitrogen and oxygen atoms in total. The predicted octanol–water partition coefficient (Wildman–Crippen LogP) is 0.0487. The molecule has 0 atom stereocenters. The van der Waals surface area contributed by atoms with Crippen LogP contribution in [0.4, 0.5) is 3.89 Å². The summed E-state index contributed by atoms with van der Waals surface area (Å²) in [5, 5.41) is 0. The Labute approximate surface area is 64.5 Å². The van der Waals surface area contributed by atoms with E-state index in [1.165, 1.54) is 6.92 Å². The molecule has 0 aromatic carbocycles. The standard InChI is InChI=1S/C5H9FO4S/c1-5(4-11(6,7)8)9-2-3-10-5/h2-4H2,1H3. The second kappa shape index (κ2) is 2.69. The molecule has 11 heavy (non-hydrogen) atoms. The van der Waals surface area contributed by atoms with E-state index in [1.807, 2.05) is 0 Å². The molecule has 0 radical (unpaired) electrons. The molecule has 1 aliphatic rings. The average molecular weight is 184 g/mol. The van der Waals surface area contributed by atoms with Gasteiger partial charge in [-0.1, -0.05) is 0 Å². The fourth-order valence-corrected chi connectivity index (χ4v) is 1.75. The third-order valence-electron chi connectivity index (χ3n) is 1.33. The molecule has 0 unspecified atom stereocenters.